The molecule has 7 rings (SSSR count). The average Bonchev–Trinajstić information content (AvgIpc) is 3.67. The van der Waals surface area contributed by atoms with Gasteiger partial charge in [0, 0.05) is 17.1 Å². The van der Waals surface area contributed by atoms with Crippen LogP contribution in [0.15, 0.2) is 122 Å². The SMILES string of the molecule is O=C(Nc1cccc2c1ncn2CCCCC1(C(=O)NCC(F)(F)F)c2ccccc2-c2ccccc21)c1ccccc1-c1ccc(Cl)cc1. The third kappa shape index (κ3) is 6.25. The number of halogens is 4. The van der Waals surface area contributed by atoms with Crippen molar-refractivity contribution < 1.29 is 22.8 Å². The molecule has 1 aromatic heterocycles. The van der Waals surface area contributed by atoms with Crippen LogP contribution in [0.25, 0.3) is 33.3 Å². The quantitative estimate of drug-likeness (QED) is 0.141. The number of hydrogen-bond acceptors (Lipinski definition) is 3. The Hall–Kier alpha value is -5.41. The molecule has 10 heteroatoms. The first-order valence-electron chi connectivity index (χ1n) is 16.3. The molecule has 0 fully saturated rings. The normalized spacial score (nSPS) is 13.1. The Morgan fingerprint density at radius 2 is 1.40 bits per heavy atom. The van der Waals surface area contributed by atoms with Crippen LogP contribution >= 0.6 is 11.6 Å². The number of imidazole rings is 1. The highest BCUT2D eigenvalue weighted by molar-refractivity contribution is 6.30. The van der Waals surface area contributed by atoms with Crippen molar-refractivity contribution in [2.45, 2.75) is 37.4 Å². The molecule has 0 aliphatic heterocycles. The Morgan fingerprint density at radius 3 is 2.08 bits per heavy atom. The number of carbonyl (C=O) groups is 2. The second-order valence-corrected chi connectivity index (χ2v) is 12.8. The van der Waals surface area contributed by atoms with Gasteiger partial charge in [0.2, 0.25) is 5.91 Å². The van der Waals surface area contributed by atoms with Gasteiger partial charge in [-0.2, -0.15) is 13.2 Å². The molecule has 5 aromatic carbocycles. The summed E-state index contributed by atoms with van der Waals surface area (Å²) in [6.07, 6.45) is -1.30. The van der Waals surface area contributed by atoms with Crippen molar-refractivity contribution in [1.29, 1.82) is 0 Å². The number of para-hydroxylation sites is 1. The minimum atomic E-state index is -4.53. The fraction of sp³-hybridized carbons (Fsp3) is 0.175. The van der Waals surface area contributed by atoms with E-state index in [9.17, 15) is 22.8 Å². The lowest BCUT2D eigenvalue weighted by Gasteiger charge is -2.31. The number of unbranched alkanes of at least 4 members (excludes halogenated alkanes) is 1. The van der Waals surface area contributed by atoms with Crippen molar-refractivity contribution in [3.63, 3.8) is 0 Å². The molecule has 0 spiro atoms. The Labute approximate surface area is 291 Å². The Bertz CT molecular complexity index is 2170. The first kappa shape index (κ1) is 33.1. The highest BCUT2D eigenvalue weighted by atomic mass is 35.5. The second-order valence-electron chi connectivity index (χ2n) is 12.4. The third-order valence-electron chi connectivity index (χ3n) is 9.33. The van der Waals surface area contributed by atoms with Gasteiger partial charge in [-0.05, 0) is 83.0 Å². The van der Waals surface area contributed by atoms with Crippen LogP contribution in [0.2, 0.25) is 5.02 Å². The van der Waals surface area contributed by atoms with E-state index in [0.29, 0.717) is 58.7 Å². The summed E-state index contributed by atoms with van der Waals surface area (Å²) in [5.74, 6) is -0.929. The van der Waals surface area contributed by atoms with Crippen LogP contribution in [0.3, 0.4) is 0 Å². The first-order chi connectivity index (χ1) is 24.2. The number of anilines is 1. The maximum Gasteiger partial charge on any atom is 0.405 e. The second kappa shape index (κ2) is 13.5. The fourth-order valence-corrected chi connectivity index (χ4v) is 7.20. The Morgan fingerprint density at radius 1 is 0.760 bits per heavy atom. The fourth-order valence-electron chi connectivity index (χ4n) is 7.08. The molecular weight excluding hydrogens is 661 g/mol. The largest absolute Gasteiger partial charge is 0.405 e. The van der Waals surface area contributed by atoms with Crippen molar-refractivity contribution >= 4 is 40.1 Å². The first-order valence-corrected chi connectivity index (χ1v) is 16.7. The van der Waals surface area contributed by atoms with Gasteiger partial charge in [0.25, 0.3) is 5.91 Å². The molecule has 0 radical (unpaired) electrons. The molecular formula is C40H32ClF3N4O2. The minimum Gasteiger partial charge on any atom is -0.346 e. The van der Waals surface area contributed by atoms with Crippen LogP contribution in [-0.4, -0.2) is 34.1 Å². The number of hydrogen-bond donors (Lipinski definition) is 2. The molecule has 1 heterocycles. The molecule has 50 heavy (non-hydrogen) atoms. The van der Waals surface area contributed by atoms with Crippen molar-refractivity contribution in [3.05, 3.63) is 143 Å². The lowest BCUT2D eigenvalue weighted by Crippen LogP contribution is -2.47. The molecule has 6 aromatic rings. The predicted molar refractivity (Wildman–Crippen MR) is 190 cm³/mol. The van der Waals surface area contributed by atoms with Gasteiger partial charge in [-0.3, -0.25) is 9.59 Å². The number of fused-ring (bicyclic) bond motifs is 4. The minimum absolute atomic E-state index is 0.274. The molecule has 6 nitrogen and oxygen atoms in total. The zero-order chi connectivity index (χ0) is 34.9. The summed E-state index contributed by atoms with van der Waals surface area (Å²) in [6, 6.07) is 35.2. The van der Waals surface area contributed by atoms with Crippen molar-refractivity contribution in [2.75, 3.05) is 11.9 Å². The van der Waals surface area contributed by atoms with Crippen molar-refractivity contribution in [1.82, 2.24) is 14.9 Å². The molecule has 0 atom stereocenters. The van der Waals surface area contributed by atoms with Gasteiger partial charge >= 0.3 is 6.18 Å². The van der Waals surface area contributed by atoms with Crippen LogP contribution in [-0.2, 0) is 16.8 Å². The van der Waals surface area contributed by atoms with Crippen LogP contribution in [0.4, 0.5) is 18.9 Å². The van der Waals surface area contributed by atoms with Gasteiger partial charge in [-0.15, -0.1) is 0 Å². The number of benzene rings is 5. The van der Waals surface area contributed by atoms with E-state index in [2.05, 4.69) is 15.6 Å². The van der Waals surface area contributed by atoms with Gasteiger partial charge in [0.15, 0.2) is 0 Å². The van der Waals surface area contributed by atoms with E-state index >= 15 is 0 Å². The summed E-state index contributed by atoms with van der Waals surface area (Å²) in [5.41, 5.74) is 6.06. The predicted octanol–water partition coefficient (Wildman–Crippen LogP) is 9.42. The number of aromatic nitrogens is 2. The number of alkyl halides is 3. The van der Waals surface area contributed by atoms with Crippen LogP contribution in [0, 0.1) is 0 Å². The molecule has 0 saturated heterocycles. The van der Waals surface area contributed by atoms with Gasteiger partial charge in [0.1, 0.15) is 17.5 Å². The topological polar surface area (TPSA) is 76.0 Å². The molecule has 1 aliphatic rings. The highest BCUT2D eigenvalue weighted by Gasteiger charge is 2.49. The van der Waals surface area contributed by atoms with E-state index in [1.54, 1.807) is 30.6 Å². The van der Waals surface area contributed by atoms with Gasteiger partial charge in [0.05, 0.1) is 17.5 Å². The van der Waals surface area contributed by atoms with Crippen LogP contribution in [0.5, 0.6) is 0 Å². The van der Waals surface area contributed by atoms with E-state index in [4.69, 9.17) is 11.6 Å². The number of rotatable bonds is 10. The number of carbonyl (C=O) groups excluding carboxylic acids is 2. The Kier molecular flexibility index (Phi) is 8.92. The van der Waals surface area contributed by atoms with Gasteiger partial charge in [-0.25, -0.2) is 4.98 Å². The molecule has 252 valence electrons. The lowest BCUT2D eigenvalue weighted by atomic mass is 9.73. The summed E-state index contributed by atoms with van der Waals surface area (Å²) < 4.78 is 41.7. The summed E-state index contributed by atoms with van der Waals surface area (Å²) in [5, 5.41) is 5.84. The molecule has 0 unspecified atom stereocenters. The number of aryl methyl sites for hydroxylation is 1. The maximum absolute atomic E-state index is 13.8. The van der Waals surface area contributed by atoms with E-state index in [0.717, 1.165) is 27.8 Å². The third-order valence-corrected chi connectivity index (χ3v) is 9.58. The van der Waals surface area contributed by atoms with Crippen molar-refractivity contribution in [3.8, 4) is 22.3 Å². The summed E-state index contributed by atoms with van der Waals surface area (Å²) in [7, 11) is 0. The van der Waals surface area contributed by atoms with Gasteiger partial charge in [-0.1, -0.05) is 96.5 Å². The Balaban J connectivity index is 1.10. The smallest absolute Gasteiger partial charge is 0.346 e. The molecule has 1 aliphatic carbocycles. The zero-order valence-corrected chi connectivity index (χ0v) is 27.6. The summed E-state index contributed by atoms with van der Waals surface area (Å²) in [6.45, 7) is -0.846. The summed E-state index contributed by atoms with van der Waals surface area (Å²) in [4.78, 5) is 32.0. The standard InChI is InChI=1S/C40H32ClF3N4O2/c41-27-20-18-26(19-21-27)28-10-1-2-13-31(28)37(49)47-34-16-9-17-35-36(34)46-25-48(35)23-8-7-22-39(38(50)45-24-40(42,43)44)32-14-5-3-11-29(32)30-12-4-6-15-33(30)39/h1-6,9-21,25H,7-8,22-24H2,(H,45,50)(H,47,49). The van der Waals surface area contributed by atoms with E-state index < -0.39 is 24.0 Å². The monoisotopic (exact) mass is 692 g/mol. The highest BCUT2D eigenvalue weighted by Crippen LogP contribution is 2.51. The maximum atomic E-state index is 13.8. The molecule has 2 amide bonds. The van der Waals surface area contributed by atoms with E-state index in [1.165, 1.54) is 0 Å². The lowest BCUT2D eigenvalue weighted by molar-refractivity contribution is -0.141. The summed E-state index contributed by atoms with van der Waals surface area (Å²) >= 11 is 6.08. The van der Waals surface area contributed by atoms with E-state index in [-0.39, 0.29) is 5.91 Å². The molecule has 0 bridgehead atoms. The van der Waals surface area contributed by atoms with Crippen LogP contribution < -0.4 is 10.6 Å². The molecule has 0 saturated carbocycles. The average molecular weight is 693 g/mol. The number of amides is 2. The number of nitrogens with zero attached hydrogens (tertiary/aromatic N) is 2. The zero-order valence-electron chi connectivity index (χ0n) is 26.8. The van der Waals surface area contributed by atoms with E-state index in [1.807, 2.05) is 95.6 Å². The van der Waals surface area contributed by atoms with Crippen molar-refractivity contribution in [2.24, 2.45) is 0 Å². The van der Waals surface area contributed by atoms with Crippen LogP contribution in [0.1, 0.15) is 40.7 Å². The van der Waals surface area contributed by atoms with Gasteiger partial charge < -0.3 is 15.2 Å². The number of nitrogens with one attached hydrogen (secondary N) is 2. The molecule has 2 N–H and O–H groups in total.